The van der Waals surface area contributed by atoms with Crippen LogP contribution in [0.2, 0.25) is 0 Å². The molecule has 2 heteroatoms. The highest BCUT2D eigenvalue weighted by Crippen LogP contribution is 2.21. The summed E-state index contributed by atoms with van der Waals surface area (Å²) in [7, 11) is 0. The second-order valence-corrected chi connectivity index (χ2v) is 5.21. The lowest BCUT2D eigenvalue weighted by molar-refractivity contribution is 0.296. The maximum Gasteiger partial charge on any atom is 0.0148 e. The number of hydrogen-bond acceptors (Lipinski definition) is 2. The molecule has 1 aromatic rings. The highest BCUT2D eigenvalue weighted by molar-refractivity contribution is 5.33. The molecule has 0 radical (unpaired) electrons. The third-order valence-electron chi connectivity index (χ3n) is 4.03. The minimum absolute atomic E-state index is 0.666. The minimum Gasteiger partial charge on any atom is -0.313 e. The largest absolute Gasteiger partial charge is 0.313 e. The van der Waals surface area contributed by atoms with Crippen LogP contribution in [0.25, 0.3) is 0 Å². The number of rotatable bonds is 7. The van der Waals surface area contributed by atoms with Crippen LogP contribution in [0.4, 0.5) is 0 Å². The fourth-order valence-corrected chi connectivity index (χ4v) is 2.85. The van der Waals surface area contributed by atoms with E-state index in [2.05, 4.69) is 48.3 Å². The summed E-state index contributed by atoms with van der Waals surface area (Å²) in [5.41, 5.74) is 3.08. The molecule has 0 fully saturated rings. The molecular weight excluding hydrogens is 220 g/mol. The van der Waals surface area contributed by atoms with Gasteiger partial charge in [0.1, 0.15) is 0 Å². The zero-order chi connectivity index (χ0) is 12.8. The first kappa shape index (κ1) is 13.6. The van der Waals surface area contributed by atoms with Crippen LogP contribution in [0.3, 0.4) is 0 Å². The van der Waals surface area contributed by atoms with Gasteiger partial charge in [0.25, 0.3) is 0 Å². The summed E-state index contributed by atoms with van der Waals surface area (Å²) >= 11 is 0. The quantitative estimate of drug-likeness (QED) is 0.744. The van der Waals surface area contributed by atoms with Gasteiger partial charge in [0.05, 0.1) is 0 Å². The summed E-state index contributed by atoms with van der Waals surface area (Å²) in [5.74, 6) is 0. The average molecular weight is 246 g/mol. The molecule has 100 valence electrons. The smallest absolute Gasteiger partial charge is 0.0148 e. The van der Waals surface area contributed by atoms with Gasteiger partial charge in [0, 0.05) is 6.04 Å². The molecular formula is C16H26N2. The van der Waals surface area contributed by atoms with Gasteiger partial charge in [-0.15, -0.1) is 0 Å². The van der Waals surface area contributed by atoms with Crippen molar-refractivity contribution in [3.8, 4) is 0 Å². The third kappa shape index (κ3) is 3.56. The summed E-state index contributed by atoms with van der Waals surface area (Å²) in [6, 6.07) is 9.52. The van der Waals surface area contributed by atoms with Gasteiger partial charge in [-0.2, -0.15) is 0 Å². The molecule has 2 nitrogen and oxygen atoms in total. The summed E-state index contributed by atoms with van der Waals surface area (Å²) < 4.78 is 0. The van der Waals surface area contributed by atoms with Gasteiger partial charge in [0.15, 0.2) is 0 Å². The molecule has 0 heterocycles. The SMILES string of the molecule is CCN(CC)CCCNC1Cc2ccccc2C1. The molecule has 0 unspecified atom stereocenters. The van der Waals surface area contributed by atoms with Crippen LogP contribution in [0, 0.1) is 0 Å². The van der Waals surface area contributed by atoms with Crippen molar-refractivity contribution in [2.45, 2.75) is 39.2 Å². The molecule has 1 N–H and O–H groups in total. The lowest BCUT2D eigenvalue weighted by atomic mass is 10.1. The van der Waals surface area contributed by atoms with Crippen molar-refractivity contribution in [2.75, 3.05) is 26.2 Å². The fraction of sp³-hybridized carbons (Fsp3) is 0.625. The maximum absolute atomic E-state index is 3.71. The van der Waals surface area contributed by atoms with Gasteiger partial charge in [-0.25, -0.2) is 0 Å². The Hall–Kier alpha value is -0.860. The molecule has 0 aromatic heterocycles. The molecule has 0 bridgehead atoms. The molecule has 18 heavy (non-hydrogen) atoms. The zero-order valence-corrected chi connectivity index (χ0v) is 11.8. The average Bonchev–Trinajstić information content (AvgIpc) is 2.81. The van der Waals surface area contributed by atoms with Crippen LogP contribution in [0.15, 0.2) is 24.3 Å². The van der Waals surface area contributed by atoms with Crippen molar-refractivity contribution in [1.82, 2.24) is 10.2 Å². The van der Waals surface area contributed by atoms with Crippen LogP contribution in [0.5, 0.6) is 0 Å². The van der Waals surface area contributed by atoms with E-state index in [9.17, 15) is 0 Å². The monoisotopic (exact) mass is 246 g/mol. The summed E-state index contributed by atoms with van der Waals surface area (Å²) in [4.78, 5) is 2.49. The molecule has 0 aliphatic heterocycles. The second kappa shape index (κ2) is 6.91. The Morgan fingerprint density at radius 3 is 2.28 bits per heavy atom. The van der Waals surface area contributed by atoms with Crippen molar-refractivity contribution in [3.63, 3.8) is 0 Å². The highest BCUT2D eigenvalue weighted by Gasteiger charge is 2.19. The highest BCUT2D eigenvalue weighted by atomic mass is 15.1. The number of fused-ring (bicyclic) bond motifs is 1. The first-order valence-corrected chi connectivity index (χ1v) is 7.36. The van der Waals surface area contributed by atoms with E-state index in [0.29, 0.717) is 6.04 Å². The summed E-state index contributed by atoms with van der Waals surface area (Å²) in [6.07, 6.45) is 3.68. The van der Waals surface area contributed by atoms with Crippen molar-refractivity contribution in [3.05, 3.63) is 35.4 Å². The molecule has 0 saturated heterocycles. The van der Waals surface area contributed by atoms with Gasteiger partial charge in [-0.05, 0) is 56.6 Å². The number of benzene rings is 1. The molecule has 1 aromatic carbocycles. The van der Waals surface area contributed by atoms with Gasteiger partial charge >= 0.3 is 0 Å². The number of hydrogen-bond donors (Lipinski definition) is 1. The van der Waals surface area contributed by atoms with Gasteiger partial charge in [-0.3, -0.25) is 0 Å². The van der Waals surface area contributed by atoms with Crippen molar-refractivity contribution < 1.29 is 0 Å². The predicted octanol–water partition coefficient (Wildman–Crippen LogP) is 2.48. The minimum atomic E-state index is 0.666. The Bertz CT molecular complexity index is 333. The lowest BCUT2D eigenvalue weighted by Gasteiger charge is -2.18. The second-order valence-electron chi connectivity index (χ2n) is 5.21. The van der Waals surface area contributed by atoms with Crippen molar-refractivity contribution in [2.24, 2.45) is 0 Å². The maximum atomic E-state index is 3.71. The fourth-order valence-electron chi connectivity index (χ4n) is 2.85. The molecule has 0 atom stereocenters. The predicted molar refractivity (Wildman–Crippen MR) is 78.0 cm³/mol. The number of nitrogens with zero attached hydrogens (tertiary/aromatic N) is 1. The van der Waals surface area contributed by atoms with E-state index < -0.39 is 0 Å². The zero-order valence-electron chi connectivity index (χ0n) is 11.8. The molecule has 1 aliphatic carbocycles. The molecule has 2 rings (SSSR count). The van der Waals surface area contributed by atoms with Gasteiger partial charge in [-0.1, -0.05) is 38.1 Å². The molecule has 0 amide bonds. The standard InChI is InChI=1S/C16H26N2/c1-3-18(4-2)11-7-10-17-16-12-14-8-5-6-9-15(14)13-16/h5-6,8-9,16-17H,3-4,7,10-13H2,1-2H3. The topological polar surface area (TPSA) is 15.3 Å². The number of nitrogens with one attached hydrogen (secondary N) is 1. The van der Waals surface area contributed by atoms with E-state index in [-0.39, 0.29) is 0 Å². The molecule has 1 aliphatic rings. The first-order valence-electron chi connectivity index (χ1n) is 7.36. The Morgan fingerprint density at radius 2 is 1.72 bits per heavy atom. The van der Waals surface area contributed by atoms with Crippen LogP contribution >= 0.6 is 0 Å². The normalized spacial score (nSPS) is 15.3. The van der Waals surface area contributed by atoms with E-state index in [1.807, 2.05) is 0 Å². The van der Waals surface area contributed by atoms with Crippen LogP contribution in [-0.4, -0.2) is 37.1 Å². The lowest BCUT2D eigenvalue weighted by Crippen LogP contribution is -2.33. The van der Waals surface area contributed by atoms with Crippen LogP contribution < -0.4 is 5.32 Å². The van der Waals surface area contributed by atoms with Gasteiger partial charge in [0.2, 0.25) is 0 Å². The summed E-state index contributed by atoms with van der Waals surface area (Å²) in [6.45, 7) is 9.20. The third-order valence-corrected chi connectivity index (χ3v) is 4.03. The Balaban J connectivity index is 1.65. The van der Waals surface area contributed by atoms with E-state index >= 15 is 0 Å². The first-order chi connectivity index (χ1) is 8.83. The Kier molecular flexibility index (Phi) is 5.21. The van der Waals surface area contributed by atoms with Crippen LogP contribution in [-0.2, 0) is 12.8 Å². The van der Waals surface area contributed by atoms with E-state index in [0.717, 1.165) is 6.54 Å². The van der Waals surface area contributed by atoms with Crippen molar-refractivity contribution >= 4 is 0 Å². The Morgan fingerprint density at radius 1 is 1.11 bits per heavy atom. The van der Waals surface area contributed by atoms with Gasteiger partial charge < -0.3 is 10.2 Å². The Labute approximate surface area is 111 Å². The van der Waals surface area contributed by atoms with E-state index in [4.69, 9.17) is 0 Å². The molecule has 0 saturated carbocycles. The van der Waals surface area contributed by atoms with Crippen LogP contribution in [0.1, 0.15) is 31.4 Å². The van der Waals surface area contributed by atoms with E-state index in [1.54, 1.807) is 11.1 Å². The van der Waals surface area contributed by atoms with Crippen molar-refractivity contribution in [1.29, 1.82) is 0 Å². The molecule has 0 spiro atoms. The summed E-state index contributed by atoms with van der Waals surface area (Å²) in [5, 5.41) is 3.71. The van der Waals surface area contributed by atoms with E-state index in [1.165, 1.54) is 38.9 Å².